The van der Waals surface area contributed by atoms with Crippen molar-refractivity contribution >= 4 is 29.1 Å². The average Bonchev–Trinajstić information content (AvgIpc) is 3.58. The quantitative estimate of drug-likeness (QED) is 0.179. The first-order valence-corrected chi connectivity index (χ1v) is 18.2. The molecule has 0 bridgehead atoms. The molecule has 1 atom stereocenters. The number of thiophene rings is 1. The van der Waals surface area contributed by atoms with Crippen LogP contribution in [0.1, 0.15) is 85.0 Å². The van der Waals surface area contributed by atoms with E-state index in [-0.39, 0.29) is 36.9 Å². The van der Waals surface area contributed by atoms with Crippen molar-refractivity contribution in [3.8, 4) is 22.5 Å². The number of hydrogen-bond acceptors (Lipinski definition) is 6. The van der Waals surface area contributed by atoms with E-state index in [0.717, 1.165) is 33.0 Å². The van der Waals surface area contributed by atoms with Crippen molar-refractivity contribution in [3.05, 3.63) is 93.9 Å². The van der Waals surface area contributed by atoms with Gasteiger partial charge in [-0.25, -0.2) is 9.97 Å². The molecule has 0 radical (unpaired) electrons. The van der Waals surface area contributed by atoms with Crippen molar-refractivity contribution in [2.45, 2.75) is 71.1 Å². The molecule has 9 heteroatoms. The zero-order chi connectivity index (χ0) is 34.7. The molecule has 1 aliphatic heterocycles. The van der Waals surface area contributed by atoms with Gasteiger partial charge in [-0.15, -0.1) is 11.3 Å². The largest absolute Gasteiger partial charge is 0.481 e. The van der Waals surface area contributed by atoms with E-state index in [1.54, 1.807) is 4.90 Å². The Kier molecular flexibility index (Phi) is 10.3. The number of carbonyl (C=O) groups excluding carboxylic acids is 2. The normalized spacial score (nSPS) is 18.8. The number of likely N-dealkylation sites (tertiary alicyclic amines) is 1. The van der Waals surface area contributed by atoms with E-state index in [4.69, 9.17) is 0 Å². The number of carboxylic acids is 1. The highest BCUT2D eigenvalue weighted by atomic mass is 32.1. The van der Waals surface area contributed by atoms with Gasteiger partial charge in [-0.3, -0.25) is 14.4 Å². The molecule has 1 saturated heterocycles. The van der Waals surface area contributed by atoms with Crippen LogP contribution in [0.3, 0.4) is 0 Å². The summed E-state index contributed by atoms with van der Waals surface area (Å²) in [4.78, 5) is 50.5. The summed E-state index contributed by atoms with van der Waals surface area (Å²) in [6.07, 6.45) is 9.28. The summed E-state index contributed by atoms with van der Waals surface area (Å²) in [7, 11) is 0. The van der Waals surface area contributed by atoms with Gasteiger partial charge in [0.25, 0.3) is 5.91 Å². The highest BCUT2D eigenvalue weighted by Gasteiger charge is 2.38. The van der Waals surface area contributed by atoms with Crippen LogP contribution in [-0.2, 0) is 21.4 Å². The second-order valence-corrected chi connectivity index (χ2v) is 16.0. The van der Waals surface area contributed by atoms with Crippen molar-refractivity contribution in [1.29, 1.82) is 0 Å². The van der Waals surface area contributed by atoms with Crippen molar-refractivity contribution in [2.24, 2.45) is 17.8 Å². The summed E-state index contributed by atoms with van der Waals surface area (Å²) < 4.78 is 0. The summed E-state index contributed by atoms with van der Waals surface area (Å²) in [5, 5.41) is 12.3. The highest BCUT2D eigenvalue weighted by molar-refractivity contribution is 7.14. The Morgan fingerprint density at radius 2 is 1.51 bits per heavy atom. The van der Waals surface area contributed by atoms with E-state index >= 15 is 0 Å². The summed E-state index contributed by atoms with van der Waals surface area (Å²) >= 11 is 1.46. The van der Waals surface area contributed by atoms with Crippen LogP contribution in [0.4, 0.5) is 0 Å². The highest BCUT2D eigenvalue weighted by Crippen LogP contribution is 2.36. The number of benzene rings is 2. The van der Waals surface area contributed by atoms with E-state index in [9.17, 15) is 19.5 Å². The Morgan fingerprint density at radius 1 is 0.878 bits per heavy atom. The van der Waals surface area contributed by atoms with Crippen LogP contribution in [-0.4, -0.2) is 57.4 Å². The molecule has 2 aromatic carbocycles. The Bertz CT molecular complexity index is 1760. The lowest BCUT2D eigenvalue weighted by Gasteiger charge is -2.39. The molecule has 2 amide bonds. The molecule has 2 fully saturated rings. The van der Waals surface area contributed by atoms with Crippen LogP contribution in [0.25, 0.3) is 22.5 Å². The molecule has 3 heterocycles. The summed E-state index contributed by atoms with van der Waals surface area (Å²) in [6, 6.07) is 20.5. The van der Waals surface area contributed by atoms with Gasteiger partial charge in [0.05, 0.1) is 16.7 Å². The molecule has 4 aromatic rings. The minimum atomic E-state index is -0.894. The lowest BCUT2D eigenvalue weighted by atomic mass is 9.79. The van der Waals surface area contributed by atoms with E-state index in [2.05, 4.69) is 67.2 Å². The minimum Gasteiger partial charge on any atom is -0.481 e. The van der Waals surface area contributed by atoms with E-state index in [1.165, 1.54) is 42.6 Å². The van der Waals surface area contributed by atoms with Gasteiger partial charge in [-0.1, -0.05) is 89.1 Å². The van der Waals surface area contributed by atoms with Gasteiger partial charge in [0, 0.05) is 48.0 Å². The van der Waals surface area contributed by atoms with Crippen molar-refractivity contribution in [2.75, 3.05) is 19.6 Å². The second-order valence-electron chi connectivity index (χ2n) is 14.9. The predicted molar refractivity (Wildman–Crippen MR) is 194 cm³/mol. The third-order valence-corrected chi connectivity index (χ3v) is 11.6. The van der Waals surface area contributed by atoms with E-state index < -0.39 is 17.8 Å². The van der Waals surface area contributed by atoms with Crippen LogP contribution in [0.2, 0.25) is 0 Å². The fourth-order valence-corrected chi connectivity index (χ4v) is 7.71. The van der Waals surface area contributed by atoms with Crippen molar-refractivity contribution < 1.29 is 19.5 Å². The standard InChI is InChI=1S/C40H46N4O4S/c1-25-5-9-27(10-6-25)28-13-15-29(16-14-28)32-21-41-36(42-22-32)30-11-7-26(8-12-30)19-31(38(46)44-23-33(24-44)39(47)48)20-43-37(45)34-17-18-35(49-34)40(2,3)4/h7-8,11-18,21-22,25,27,31,33H,5-6,9-10,19-20,23-24H2,1-4H3,(H,43,45)(H,47,48)/t25-,27+,31?. The first kappa shape index (κ1) is 34.5. The fourth-order valence-electron chi connectivity index (χ4n) is 6.73. The summed E-state index contributed by atoms with van der Waals surface area (Å²) in [5.41, 5.74) is 5.24. The molecule has 49 heavy (non-hydrogen) atoms. The summed E-state index contributed by atoms with van der Waals surface area (Å²) in [6.45, 7) is 9.21. The SMILES string of the molecule is CC(C)(C)c1ccc(C(=O)NCC(Cc2ccc(-c3ncc(-c4ccc([C@H]5CC[C@@H](C)CC5)cc4)cn3)cc2)C(=O)N2CC(C(=O)O)C2)s1. The molecule has 1 unspecified atom stereocenters. The zero-order valence-corrected chi connectivity index (χ0v) is 29.6. The van der Waals surface area contributed by atoms with Crippen molar-refractivity contribution in [3.63, 3.8) is 0 Å². The monoisotopic (exact) mass is 678 g/mol. The Hall–Kier alpha value is -4.37. The van der Waals surface area contributed by atoms with Gasteiger partial charge in [-0.05, 0) is 65.3 Å². The molecule has 2 N–H and O–H groups in total. The van der Waals surface area contributed by atoms with Crippen molar-refractivity contribution in [1.82, 2.24) is 20.2 Å². The van der Waals surface area contributed by atoms with Gasteiger partial charge in [0.2, 0.25) is 5.91 Å². The maximum Gasteiger partial charge on any atom is 0.310 e. The van der Waals surface area contributed by atoms with Crippen LogP contribution in [0, 0.1) is 17.8 Å². The molecule has 256 valence electrons. The Morgan fingerprint density at radius 3 is 2.10 bits per heavy atom. The Labute approximate surface area is 293 Å². The van der Waals surface area contributed by atoms with Gasteiger partial charge in [0.1, 0.15) is 0 Å². The number of rotatable bonds is 10. The van der Waals surface area contributed by atoms with Crippen LogP contribution >= 0.6 is 11.3 Å². The van der Waals surface area contributed by atoms with Gasteiger partial charge in [-0.2, -0.15) is 0 Å². The molecular formula is C40H46N4O4S. The van der Waals surface area contributed by atoms with Gasteiger partial charge < -0.3 is 15.3 Å². The molecule has 0 spiro atoms. The molecule has 2 aromatic heterocycles. The smallest absolute Gasteiger partial charge is 0.310 e. The number of aliphatic carboxylic acids is 1. The molecule has 1 aliphatic carbocycles. The van der Waals surface area contributed by atoms with E-state index in [0.29, 0.717) is 23.0 Å². The number of aromatic nitrogens is 2. The lowest BCUT2D eigenvalue weighted by Crippen LogP contribution is -2.56. The van der Waals surface area contributed by atoms with Crippen LogP contribution in [0.5, 0.6) is 0 Å². The minimum absolute atomic E-state index is 0.0570. The number of hydrogen-bond donors (Lipinski definition) is 2. The predicted octanol–water partition coefficient (Wildman–Crippen LogP) is 7.60. The second kappa shape index (κ2) is 14.6. The third kappa shape index (κ3) is 8.27. The molecule has 2 aliphatic rings. The first-order valence-electron chi connectivity index (χ1n) is 17.4. The first-order chi connectivity index (χ1) is 23.4. The van der Waals surface area contributed by atoms with Crippen LogP contribution in [0.15, 0.2) is 73.1 Å². The third-order valence-electron chi connectivity index (χ3n) is 10.0. The molecule has 8 nitrogen and oxygen atoms in total. The van der Waals surface area contributed by atoms with Gasteiger partial charge >= 0.3 is 5.97 Å². The Balaban J connectivity index is 1.10. The average molecular weight is 679 g/mol. The number of carbonyl (C=O) groups is 3. The zero-order valence-electron chi connectivity index (χ0n) is 28.8. The molecule has 1 saturated carbocycles. The maximum atomic E-state index is 13.5. The topological polar surface area (TPSA) is 112 Å². The van der Waals surface area contributed by atoms with Crippen LogP contribution < -0.4 is 5.32 Å². The maximum absolute atomic E-state index is 13.5. The van der Waals surface area contributed by atoms with E-state index in [1.807, 2.05) is 48.8 Å². The number of amides is 2. The number of carboxylic acid groups (broad SMARTS) is 1. The summed E-state index contributed by atoms with van der Waals surface area (Å²) in [5.74, 6) is -0.213. The number of nitrogens with one attached hydrogen (secondary N) is 1. The lowest BCUT2D eigenvalue weighted by molar-refractivity contribution is -0.154. The number of nitrogens with zero attached hydrogens (tertiary/aromatic N) is 3. The fraction of sp³-hybridized carbons (Fsp3) is 0.425. The van der Waals surface area contributed by atoms with Gasteiger partial charge in [0.15, 0.2) is 5.82 Å². The molecule has 6 rings (SSSR count). The molecular weight excluding hydrogens is 633 g/mol.